The van der Waals surface area contributed by atoms with Gasteiger partial charge in [-0.25, -0.2) is 4.98 Å². The van der Waals surface area contributed by atoms with E-state index in [1.807, 2.05) is 17.8 Å². The molecular formula is C15H17N5O. The minimum absolute atomic E-state index is 0.600. The van der Waals surface area contributed by atoms with Crippen LogP contribution in [0.15, 0.2) is 47.4 Å². The first-order chi connectivity index (χ1) is 10.2. The summed E-state index contributed by atoms with van der Waals surface area (Å²) in [4.78, 5) is 6.19. The second-order valence-corrected chi connectivity index (χ2v) is 5.02. The Morgan fingerprint density at radius 2 is 1.95 bits per heavy atom. The van der Waals surface area contributed by atoms with Crippen LogP contribution in [0.3, 0.4) is 0 Å². The summed E-state index contributed by atoms with van der Waals surface area (Å²) in [6.45, 7) is 3.26. The summed E-state index contributed by atoms with van der Waals surface area (Å²) in [5.41, 5.74) is 2.34. The predicted molar refractivity (Wildman–Crippen MR) is 77.8 cm³/mol. The first-order valence-corrected chi connectivity index (χ1v) is 6.75. The lowest BCUT2D eigenvalue weighted by Crippen LogP contribution is -2.17. The van der Waals surface area contributed by atoms with Crippen LogP contribution in [0, 0.1) is 6.92 Å². The minimum atomic E-state index is 0.600. The van der Waals surface area contributed by atoms with Crippen molar-refractivity contribution >= 4 is 0 Å². The molecule has 0 unspecified atom stereocenters. The van der Waals surface area contributed by atoms with Gasteiger partial charge in [0.25, 0.3) is 0 Å². The van der Waals surface area contributed by atoms with Gasteiger partial charge in [-0.15, -0.1) is 10.2 Å². The molecule has 0 atom stereocenters. The van der Waals surface area contributed by atoms with E-state index in [4.69, 9.17) is 4.42 Å². The number of hydrogen-bond acceptors (Lipinski definition) is 5. The Labute approximate surface area is 123 Å². The smallest absolute Gasteiger partial charge is 0.230 e. The van der Waals surface area contributed by atoms with Crippen LogP contribution in [0.1, 0.15) is 17.3 Å². The van der Waals surface area contributed by atoms with Gasteiger partial charge in [0, 0.05) is 31.5 Å². The number of imidazole rings is 1. The quantitative estimate of drug-likeness (QED) is 0.718. The van der Waals surface area contributed by atoms with E-state index in [2.05, 4.69) is 44.3 Å². The highest BCUT2D eigenvalue weighted by Gasteiger charge is 2.07. The zero-order valence-electron chi connectivity index (χ0n) is 12.1. The predicted octanol–water partition coefficient (Wildman–Crippen LogP) is 2.20. The zero-order chi connectivity index (χ0) is 14.7. The summed E-state index contributed by atoms with van der Waals surface area (Å²) in [6.07, 6.45) is 5.49. The molecule has 3 rings (SSSR count). The number of rotatable bonds is 5. The van der Waals surface area contributed by atoms with Crippen LogP contribution in [0.2, 0.25) is 0 Å². The van der Waals surface area contributed by atoms with Gasteiger partial charge in [-0.2, -0.15) is 0 Å². The number of aromatic nitrogens is 4. The minimum Gasteiger partial charge on any atom is -0.424 e. The van der Waals surface area contributed by atoms with Crippen LogP contribution >= 0.6 is 0 Å². The van der Waals surface area contributed by atoms with Gasteiger partial charge >= 0.3 is 0 Å². The highest BCUT2D eigenvalue weighted by molar-refractivity contribution is 5.34. The summed E-state index contributed by atoms with van der Waals surface area (Å²) in [7, 11) is 2.03. The van der Waals surface area contributed by atoms with Gasteiger partial charge in [0.05, 0.1) is 12.9 Å². The lowest BCUT2D eigenvalue weighted by Gasteiger charge is -2.14. The number of benzene rings is 1. The van der Waals surface area contributed by atoms with Gasteiger partial charge in [-0.1, -0.05) is 12.1 Å². The van der Waals surface area contributed by atoms with E-state index in [0.29, 0.717) is 18.3 Å². The normalized spacial score (nSPS) is 11.2. The maximum Gasteiger partial charge on any atom is 0.230 e. The molecule has 0 N–H and O–H groups in total. The summed E-state index contributed by atoms with van der Waals surface area (Å²) >= 11 is 0. The molecule has 3 aromatic rings. The molecule has 2 heterocycles. The lowest BCUT2D eigenvalue weighted by atomic mass is 10.2. The molecule has 0 fully saturated rings. The molecule has 108 valence electrons. The second-order valence-electron chi connectivity index (χ2n) is 5.02. The Morgan fingerprint density at radius 3 is 2.57 bits per heavy atom. The zero-order valence-corrected chi connectivity index (χ0v) is 12.1. The summed E-state index contributed by atoms with van der Waals surface area (Å²) in [5, 5.41) is 7.84. The van der Waals surface area contributed by atoms with E-state index in [0.717, 1.165) is 12.2 Å². The molecule has 0 aliphatic rings. The monoisotopic (exact) mass is 283 g/mol. The van der Waals surface area contributed by atoms with Crippen LogP contribution in [-0.2, 0) is 13.1 Å². The van der Waals surface area contributed by atoms with E-state index in [9.17, 15) is 0 Å². The lowest BCUT2D eigenvalue weighted by molar-refractivity contribution is 0.279. The van der Waals surface area contributed by atoms with Crippen molar-refractivity contribution in [3.05, 3.63) is 60.3 Å². The second kappa shape index (κ2) is 5.88. The van der Waals surface area contributed by atoms with Crippen LogP contribution in [0.4, 0.5) is 0 Å². The van der Waals surface area contributed by atoms with E-state index in [1.54, 1.807) is 19.4 Å². The van der Waals surface area contributed by atoms with Crippen molar-refractivity contribution in [3.63, 3.8) is 0 Å². The Bertz CT molecular complexity index is 687. The Hall–Kier alpha value is -2.47. The van der Waals surface area contributed by atoms with Crippen LogP contribution in [-0.4, -0.2) is 31.7 Å². The molecule has 6 heteroatoms. The Morgan fingerprint density at radius 1 is 1.14 bits per heavy atom. The molecule has 21 heavy (non-hydrogen) atoms. The third-order valence-electron chi connectivity index (χ3n) is 3.16. The van der Waals surface area contributed by atoms with E-state index < -0.39 is 0 Å². The van der Waals surface area contributed by atoms with E-state index in [-0.39, 0.29) is 0 Å². The standard InChI is InChI=1S/C15H17N5O/c1-12-17-18-15(21-12)10-19(2)9-13-3-5-14(6-4-13)20-8-7-16-11-20/h3-8,11H,9-10H2,1-2H3. The number of aryl methyl sites for hydroxylation is 1. The van der Waals surface area contributed by atoms with Crippen molar-refractivity contribution in [3.8, 4) is 5.69 Å². The molecule has 0 aliphatic heterocycles. The summed E-state index contributed by atoms with van der Waals surface area (Å²) < 4.78 is 7.37. The fraction of sp³-hybridized carbons (Fsp3) is 0.267. The molecular weight excluding hydrogens is 266 g/mol. The SMILES string of the molecule is Cc1nnc(CN(C)Cc2ccc(-n3ccnc3)cc2)o1. The van der Waals surface area contributed by atoms with Crippen LogP contribution < -0.4 is 0 Å². The highest BCUT2D eigenvalue weighted by Crippen LogP contribution is 2.12. The van der Waals surface area contributed by atoms with E-state index in [1.165, 1.54) is 5.56 Å². The third-order valence-corrected chi connectivity index (χ3v) is 3.16. The van der Waals surface area contributed by atoms with Crippen molar-refractivity contribution in [1.82, 2.24) is 24.6 Å². The van der Waals surface area contributed by atoms with E-state index >= 15 is 0 Å². The average molecular weight is 283 g/mol. The van der Waals surface area contributed by atoms with Crippen molar-refractivity contribution in [2.75, 3.05) is 7.05 Å². The maximum atomic E-state index is 5.39. The molecule has 0 amide bonds. The Balaban J connectivity index is 1.62. The highest BCUT2D eigenvalue weighted by atomic mass is 16.4. The van der Waals surface area contributed by atoms with Crippen molar-refractivity contribution in [2.45, 2.75) is 20.0 Å². The average Bonchev–Trinajstić information content (AvgIpc) is 3.11. The van der Waals surface area contributed by atoms with Crippen molar-refractivity contribution in [2.24, 2.45) is 0 Å². The summed E-state index contributed by atoms with van der Waals surface area (Å²) in [6, 6.07) is 8.40. The third kappa shape index (κ3) is 3.35. The first-order valence-electron chi connectivity index (χ1n) is 6.75. The van der Waals surface area contributed by atoms with Crippen molar-refractivity contribution < 1.29 is 4.42 Å². The van der Waals surface area contributed by atoms with Crippen LogP contribution in [0.5, 0.6) is 0 Å². The maximum absolute atomic E-state index is 5.39. The molecule has 0 radical (unpaired) electrons. The topological polar surface area (TPSA) is 60.0 Å². The summed E-state index contributed by atoms with van der Waals surface area (Å²) in [5.74, 6) is 1.24. The fourth-order valence-corrected chi connectivity index (χ4v) is 2.19. The van der Waals surface area contributed by atoms with Gasteiger partial charge < -0.3 is 8.98 Å². The molecule has 2 aromatic heterocycles. The first kappa shape index (κ1) is 13.5. The van der Waals surface area contributed by atoms with Gasteiger partial charge in [0.15, 0.2) is 0 Å². The van der Waals surface area contributed by atoms with Gasteiger partial charge in [0.1, 0.15) is 0 Å². The molecule has 0 saturated carbocycles. The molecule has 0 saturated heterocycles. The molecule has 0 aliphatic carbocycles. The molecule has 0 bridgehead atoms. The van der Waals surface area contributed by atoms with Crippen LogP contribution in [0.25, 0.3) is 5.69 Å². The van der Waals surface area contributed by atoms with Gasteiger partial charge in [-0.05, 0) is 24.7 Å². The molecule has 6 nitrogen and oxygen atoms in total. The molecule has 0 spiro atoms. The van der Waals surface area contributed by atoms with Crippen molar-refractivity contribution in [1.29, 1.82) is 0 Å². The number of hydrogen-bond donors (Lipinski definition) is 0. The number of nitrogens with zero attached hydrogens (tertiary/aromatic N) is 5. The molecule has 1 aromatic carbocycles. The Kier molecular flexibility index (Phi) is 3.79. The fourth-order valence-electron chi connectivity index (χ4n) is 2.19. The van der Waals surface area contributed by atoms with Gasteiger partial charge in [-0.3, -0.25) is 4.90 Å². The largest absolute Gasteiger partial charge is 0.424 e. The van der Waals surface area contributed by atoms with Gasteiger partial charge in [0.2, 0.25) is 11.8 Å².